The zero-order valence-corrected chi connectivity index (χ0v) is 16.2. The van der Waals surface area contributed by atoms with E-state index in [1.165, 1.54) is 12.1 Å². The van der Waals surface area contributed by atoms with Gasteiger partial charge in [0, 0.05) is 22.6 Å². The van der Waals surface area contributed by atoms with Gasteiger partial charge in [-0.2, -0.15) is 5.10 Å². The van der Waals surface area contributed by atoms with E-state index in [4.69, 9.17) is 33.0 Å². The Hall–Kier alpha value is -2.56. The third-order valence-corrected chi connectivity index (χ3v) is 5.57. The third-order valence-electron chi connectivity index (χ3n) is 5.07. The molecule has 2 aliphatic rings. The van der Waals surface area contributed by atoms with E-state index in [0.717, 1.165) is 22.4 Å². The van der Waals surface area contributed by atoms with E-state index >= 15 is 0 Å². The number of hydrogen-bond acceptors (Lipinski definition) is 3. The molecular formula is C22H15Cl2FN2O. The van der Waals surface area contributed by atoms with Gasteiger partial charge < -0.3 is 4.74 Å². The molecule has 0 N–H and O–H groups in total. The zero-order valence-electron chi connectivity index (χ0n) is 14.6. The molecule has 2 atom stereocenters. The Bertz CT molecular complexity index is 1070. The summed E-state index contributed by atoms with van der Waals surface area (Å²) in [6.45, 7) is 0. The molecule has 0 spiro atoms. The Morgan fingerprint density at radius 2 is 1.75 bits per heavy atom. The molecule has 0 saturated heterocycles. The SMILES string of the molecule is Fc1ccc([C@H]2Oc3c(Cl)cc(Cl)cc3[C@@H]3CC(c4ccccc4)=NN23)cc1. The second-order valence-electron chi connectivity index (χ2n) is 6.84. The van der Waals surface area contributed by atoms with E-state index in [9.17, 15) is 4.39 Å². The molecule has 2 aliphatic heterocycles. The minimum absolute atomic E-state index is 0.0646. The summed E-state index contributed by atoms with van der Waals surface area (Å²) in [4.78, 5) is 0. The first kappa shape index (κ1) is 17.5. The number of halogens is 3. The quantitative estimate of drug-likeness (QED) is 0.487. The van der Waals surface area contributed by atoms with Crippen molar-refractivity contribution in [2.75, 3.05) is 0 Å². The van der Waals surface area contributed by atoms with Crippen LogP contribution in [0.4, 0.5) is 4.39 Å². The van der Waals surface area contributed by atoms with Gasteiger partial charge in [0.2, 0.25) is 6.23 Å². The third kappa shape index (κ3) is 2.93. The van der Waals surface area contributed by atoms with Gasteiger partial charge in [-0.3, -0.25) is 0 Å². The van der Waals surface area contributed by atoms with E-state index in [-0.39, 0.29) is 11.9 Å². The van der Waals surface area contributed by atoms with Crippen LogP contribution in [-0.4, -0.2) is 10.7 Å². The Morgan fingerprint density at radius 1 is 1.00 bits per heavy atom. The van der Waals surface area contributed by atoms with Crippen molar-refractivity contribution in [3.8, 4) is 5.75 Å². The molecule has 5 rings (SSSR count). The van der Waals surface area contributed by atoms with Crippen LogP contribution < -0.4 is 4.74 Å². The van der Waals surface area contributed by atoms with Crippen LogP contribution in [0.15, 0.2) is 71.8 Å². The summed E-state index contributed by atoms with van der Waals surface area (Å²) in [7, 11) is 0. The second kappa shape index (κ2) is 6.80. The Kier molecular flexibility index (Phi) is 4.26. The van der Waals surface area contributed by atoms with Gasteiger partial charge in [-0.15, -0.1) is 0 Å². The number of rotatable bonds is 2. The lowest BCUT2D eigenvalue weighted by Crippen LogP contribution is -2.33. The van der Waals surface area contributed by atoms with Crippen molar-refractivity contribution in [3.63, 3.8) is 0 Å². The molecule has 3 aromatic rings. The van der Waals surface area contributed by atoms with Crippen molar-refractivity contribution in [3.05, 3.63) is 99.3 Å². The summed E-state index contributed by atoms with van der Waals surface area (Å²) < 4.78 is 19.7. The van der Waals surface area contributed by atoms with Gasteiger partial charge in [0.15, 0.2) is 0 Å². The topological polar surface area (TPSA) is 24.8 Å². The van der Waals surface area contributed by atoms with Crippen molar-refractivity contribution in [2.45, 2.75) is 18.7 Å². The summed E-state index contributed by atoms with van der Waals surface area (Å²) in [6, 6.07) is 19.8. The molecular weight excluding hydrogens is 398 g/mol. The van der Waals surface area contributed by atoms with Gasteiger partial charge in [0.1, 0.15) is 11.6 Å². The molecule has 3 aromatic carbocycles. The first-order valence-corrected chi connectivity index (χ1v) is 9.68. The fourth-order valence-electron chi connectivity index (χ4n) is 3.77. The van der Waals surface area contributed by atoms with Gasteiger partial charge >= 0.3 is 0 Å². The Morgan fingerprint density at radius 3 is 2.50 bits per heavy atom. The van der Waals surface area contributed by atoms with Crippen LogP contribution in [0.5, 0.6) is 5.75 Å². The zero-order chi connectivity index (χ0) is 19.3. The number of hydrazone groups is 1. The molecule has 2 heterocycles. The maximum absolute atomic E-state index is 13.4. The summed E-state index contributed by atoms with van der Waals surface area (Å²) in [5.74, 6) is 0.308. The molecule has 0 unspecified atom stereocenters. The van der Waals surface area contributed by atoms with Crippen LogP contribution >= 0.6 is 23.2 Å². The number of nitrogens with zero attached hydrogens (tertiary/aromatic N) is 2. The van der Waals surface area contributed by atoms with E-state index in [0.29, 0.717) is 22.2 Å². The number of fused-ring (bicyclic) bond motifs is 3. The molecule has 0 amide bonds. The molecule has 0 saturated carbocycles. The molecule has 0 fully saturated rings. The fraction of sp³-hybridized carbons (Fsp3) is 0.136. The molecule has 6 heteroatoms. The number of benzene rings is 3. The highest BCUT2D eigenvalue weighted by molar-refractivity contribution is 6.35. The molecule has 3 nitrogen and oxygen atoms in total. The second-order valence-corrected chi connectivity index (χ2v) is 7.68. The van der Waals surface area contributed by atoms with Crippen LogP contribution in [-0.2, 0) is 0 Å². The Labute approximate surface area is 172 Å². The molecule has 0 bridgehead atoms. The number of hydrogen-bond donors (Lipinski definition) is 0. The molecule has 140 valence electrons. The monoisotopic (exact) mass is 412 g/mol. The molecule has 28 heavy (non-hydrogen) atoms. The van der Waals surface area contributed by atoms with Gasteiger partial charge in [0.25, 0.3) is 0 Å². The number of ether oxygens (including phenoxy) is 1. The highest BCUT2D eigenvalue weighted by atomic mass is 35.5. The average molecular weight is 413 g/mol. The van der Waals surface area contributed by atoms with E-state index in [2.05, 4.69) is 0 Å². The van der Waals surface area contributed by atoms with Crippen LogP contribution in [0, 0.1) is 5.82 Å². The predicted molar refractivity (Wildman–Crippen MR) is 108 cm³/mol. The van der Waals surface area contributed by atoms with E-state index in [1.807, 2.05) is 41.4 Å². The maximum atomic E-state index is 13.4. The van der Waals surface area contributed by atoms with Crippen LogP contribution in [0.3, 0.4) is 0 Å². The fourth-order valence-corrected chi connectivity index (χ4v) is 4.32. The Balaban J connectivity index is 1.63. The van der Waals surface area contributed by atoms with Gasteiger partial charge in [-0.1, -0.05) is 65.7 Å². The minimum atomic E-state index is -0.502. The highest BCUT2D eigenvalue weighted by Gasteiger charge is 2.42. The normalized spacial score (nSPS) is 20.2. The van der Waals surface area contributed by atoms with Crippen molar-refractivity contribution < 1.29 is 9.13 Å². The van der Waals surface area contributed by atoms with Gasteiger partial charge in [0.05, 0.1) is 16.8 Å². The molecule has 0 aliphatic carbocycles. The van der Waals surface area contributed by atoms with Crippen LogP contribution in [0.2, 0.25) is 10.0 Å². The lowest BCUT2D eigenvalue weighted by atomic mass is 9.96. The lowest BCUT2D eigenvalue weighted by molar-refractivity contribution is -0.0189. The summed E-state index contributed by atoms with van der Waals surface area (Å²) in [6.07, 6.45) is 0.201. The standard InChI is InChI=1S/C22H15Cl2FN2O/c23-15-10-17-20-12-19(13-4-2-1-3-5-13)26-27(20)22(28-21(17)18(24)11-15)14-6-8-16(25)9-7-14/h1-11,20,22H,12H2/t20-,22+/m0/s1. The smallest absolute Gasteiger partial charge is 0.213 e. The summed E-state index contributed by atoms with van der Waals surface area (Å²) in [5, 5.41) is 7.80. The first-order valence-electron chi connectivity index (χ1n) is 8.92. The molecule has 0 aromatic heterocycles. The summed E-state index contributed by atoms with van der Waals surface area (Å²) in [5.41, 5.74) is 3.74. The summed E-state index contributed by atoms with van der Waals surface area (Å²) >= 11 is 12.7. The van der Waals surface area contributed by atoms with E-state index in [1.54, 1.807) is 18.2 Å². The van der Waals surface area contributed by atoms with Crippen LogP contribution in [0.1, 0.15) is 35.4 Å². The van der Waals surface area contributed by atoms with Crippen molar-refractivity contribution in [1.29, 1.82) is 0 Å². The van der Waals surface area contributed by atoms with Crippen LogP contribution in [0.25, 0.3) is 0 Å². The van der Waals surface area contributed by atoms with E-state index < -0.39 is 6.23 Å². The van der Waals surface area contributed by atoms with Crippen molar-refractivity contribution in [2.24, 2.45) is 5.10 Å². The lowest BCUT2D eigenvalue weighted by Gasteiger charge is -2.38. The predicted octanol–water partition coefficient (Wildman–Crippen LogP) is 6.37. The largest absolute Gasteiger partial charge is 0.463 e. The van der Waals surface area contributed by atoms with Crippen molar-refractivity contribution >= 4 is 28.9 Å². The van der Waals surface area contributed by atoms with Crippen molar-refractivity contribution in [1.82, 2.24) is 5.01 Å². The average Bonchev–Trinajstić information content (AvgIpc) is 3.15. The van der Waals surface area contributed by atoms with Gasteiger partial charge in [-0.05, 0) is 29.8 Å². The van der Waals surface area contributed by atoms with Gasteiger partial charge in [-0.25, -0.2) is 9.40 Å². The maximum Gasteiger partial charge on any atom is 0.213 e. The highest BCUT2D eigenvalue weighted by Crippen LogP contribution is 2.50. The first-order chi connectivity index (χ1) is 13.6. The molecule has 0 radical (unpaired) electrons. The minimum Gasteiger partial charge on any atom is -0.463 e.